The number of hydrogen-bond acceptors (Lipinski definition) is 4. The summed E-state index contributed by atoms with van der Waals surface area (Å²) < 4.78 is 5.02. The largest absolute Gasteiger partial charge is 0.467 e. The molecule has 0 bridgehead atoms. The minimum Gasteiger partial charge on any atom is -0.467 e. The van der Waals surface area contributed by atoms with Crippen molar-refractivity contribution in [2.75, 3.05) is 12.4 Å². The number of nitrogens with one attached hydrogen (secondary N) is 1. The number of fused-ring (bicyclic) bond motifs is 1. The molecule has 1 aromatic heterocycles. The van der Waals surface area contributed by atoms with Crippen molar-refractivity contribution in [1.82, 2.24) is 9.97 Å². The number of aryl methyl sites for hydroxylation is 1. The molecule has 0 unspecified atom stereocenters. The molecule has 96 valence electrons. The summed E-state index contributed by atoms with van der Waals surface area (Å²) in [5, 5.41) is 2.86. The Morgan fingerprint density at radius 3 is 3.00 bits per heavy atom. The number of carbonyl (C=O) groups is 1. The fraction of sp³-hybridized carbons (Fsp3) is 0.214. The van der Waals surface area contributed by atoms with Gasteiger partial charge >= 0.3 is 6.01 Å². The highest BCUT2D eigenvalue weighted by atomic mass is 16.5. The van der Waals surface area contributed by atoms with Crippen LogP contribution in [0.2, 0.25) is 0 Å². The molecule has 1 aliphatic heterocycles. The Morgan fingerprint density at radius 2 is 2.16 bits per heavy atom. The van der Waals surface area contributed by atoms with Gasteiger partial charge in [0, 0.05) is 23.9 Å². The number of methoxy groups -OCH3 is 1. The quantitative estimate of drug-likeness (QED) is 0.891. The van der Waals surface area contributed by atoms with Crippen molar-refractivity contribution in [3.63, 3.8) is 0 Å². The average molecular weight is 255 g/mol. The predicted octanol–water partition coefficient (Wildman–Crippen LogP) is 2.04. The Kier molecular flexibility index (Phi) is 2.87. The molecule has 1 N–H and O–H groups in total. The van der Waals surface area contributed by atoms with E-state index in [9.17, 15) is 4.79 Å². The van der Waals surface area contributed by atoms with Gasteiger partial charge in [-0.1, -0.05) is 6.07 Å². The van der Waals surface area contributed by atoms with E-state index in [0.29, 0.717) is 12.4 Å². The zero-order valence-corrected chi connectivity index (χ0v) is 10.5. The van der Waals surface area contributed by atoms with E-state index in [1.807, 2.05) is 18.2 Å². The first-order valence-electron chi connectivity index (χ1n) is 6.06. The molecule has 1 amide bonds. The van der Waals surface area contributed by atoms with Crippen LogP contribution in [0, 0.1) is 0 Å². The van der Waals surface area contributed by atoms with Gasteiger partial charge in [0.2, 0.25) is 5.91 Å². The second-order valence-electron chi connectivity index (χ2n) is 4.35. The van der Waals surface area contributed by atoms with E-state index in [1.54, 1.807) is 13.3 Å². The summed E-state index contributed by atoms with van der Waals surface area (Å²) in [5.41, 5.74) is 3.83. The van der Waals surface area contributed by atoms with Gasteiger partial charge in [0.25, 0.3) is 0 Å². The topological polar surface area (TPSA) is 64.1 Å². The van der Waals surface area contributed by atoms with E-state index in [0.717, 1.165) is 28.9 Å². The van der Waals surface area contributed by atoms with Crippen molar-refractivity contribution < 1.29 is 9.53 Å². The lowest BCUT2D eigenvalue weighted by Gasteiger charge is -2.17. The van der Waals surface area contributed by atoms with E-state index in [2.05, 4.69) is 21.4 Å². The molecule has 0 radical (unpaired) electrons. The van der Waals surface area contributed by atoms with Crippen molar-refractivity contribution in [3.8, 4) is 17.3 Å². The fourth-order valence-electron chi connectivity index (χ4n) is 2.14. The van der Waals surface area contributed by atoms with E-state index in [1.165, 1.54) is 0 Å². The standard InChI is InChI=1S/C14H13N3O2/c1-19-14-15-7-6-12(17-14)9-2-4-11-10(8-9)3-5-13(18)16-11/h2,4,6-8H,3,5H2,1H3,(H,16,18). The lowest BCUT2D eigenvalue weighted by Crippen LogP contribution is -2.18. The van der Waals surface area contributed by atoms with Crippen LogP contribution in [0.25, 0.3) is 11.3 Å². The highest BCUT2D eigenvalue weighted by Crippen LogP contribution is 2.28. The van der Waals surface area contributed by atoms with Crippen LogP contribution in [-0.4, -0.2) is 23.0 Å². The Bertz CT molecular complexity index is 640. The molecule has 0 atom stereocenters. The Balaban J connectivity index is 1.99. The second-order valence-corrected chi connectivity index (χ2v) is 4.35. The number of benzene rings is 1. The van der Waals surface area contributed by atoms with Crippen LogP contribution in [-0.2, 0) is 11.2 Å². The summed E-state index contributed by atoms with van der Waals surface area (Å²) in [6.07, 6.45) is 2.96. The van der Waals surface area contributed by atoms with Gasteiger partial charge in [-0.3, -0.25) is 4.79 Å². The smallest absolute Gasteiger partial charge is 0.316 e. The Morgan fingerprint density at radius 1 is 1.26 bits per heavy atom. The maximum atomic E-state index is 11.3. The Labute approximate surface area is 110 Å². The molecule has 2 heterocycles. The SMILES string of the molecule is COc1nccc(-c2ccc3c(c2)CCC(=O)N3)n1. The van der Waals surface area contributed by atoms with Gasteiger partial charge in [-0.05, 0) is 30.2 Å². The first kappa shape index (κ1) is 11.6. The minimum absolute atomic E-state index is 0.0731. The van der Waals surface area contributed by atoms with Gasteiger partial charge in [-0.25, -0.2) is 4.98 Å². The number of carbonyl (C=O) groups excluding carboxylic acids is 1. The lowest BCUT2D eigenvalue weighted by atomic mass is 9.99. The predicted molar refractivity (Wildman–Crippen MR) is 71.0 cm³/mol. The highest BCUT2D eigenvalue weighted by Gasteiger charge is 2.15. The maximum absolute atomic E-state index is 11.3. The molecular weight excluding hydrogens is 242 g/mol. The number of aromatic nitrogens is 2. The third-order valence-corrected chi connectivity index (χ3v) is 3.11. The zero-order valence-electron chi connectivity index (χ0n) is 10.5. The summed E-state index contributed by atoms with van der Waals surface area (Å²) in [6.45, 7) is 0. The van der Waals surface area contributed by atoms with E-state index in [-0.39, 0.29) is 5.91 Å². The number of ether oxygens (including phenoxy) is 1. The molecule has 19 heavy (non-hydrogen) atoms. The van der Waals surface area contributed by atoms with Gasteiger partial charge in [0.05, 0.1) is 12.8 Å². The average Bonchev–Trinajstić information content (AvgIpc) is 2.46. The monoisotopic (exact) mass is 255 g/mol. The summed E-state index contributed by atoms with van der Waals surface area (Å²) in [7, 11) is 1.54. The van der Waals surface area contributed by atoms with Crippen LogP contribution in [0.3, 0.4) is 0 Å². The maximum Gasteiger partial charge on any atom is 0.316 e. The first-order chi connectivity index (χ1) is 9.26. The van der Waals surface area contributed by atoms with Gasteiger partial charge < -0.3 is 10.1 Å². The van der Waals surface area contributed by atoms with Crippen molar-refractivity contribution >= 4 is 11.6 Å². The molecule has 3 rings (SSSR count). The third-order valence-electron chi connectivity index (χ3n) is 3.11. The number of hydrogen-bond donors (Lipinski definition) is 1. The van der Waals surface area contributed by atoms with Crippen molar-refractivity contribution in [1.29, 1.82) is 0 Å². The summed E-state index contributed by atoms with van der Waals surface area (Å²) in [4.78, 5) is 19.6. The fourth-order valence-corrected chi connectivity index (χ4v) is 2.14. The third kappa shape index (κ3) is 2.27. The molecule has 0 spiro atoms. The Hall–Kier alpha value is -2.43. The van der Waals surface area contributed by atoms with Crippen LogP contribution in [0.5, 0.6) is 6.01 Å². The normalized spacial score (nSPS) is 13.6. The minimum atomic E-state index is 0.0731. The van der Waals surface area contributed by atoms with Crippen LogP contribution >= 0.6 is 0 Å². The summed E-state index contributed by atoms with van der Waals surface area (Å²) >= 11 is 0. The van der Waals surface area contributed by atoms with E-state index >= 15 is 0 Å². The second kappa shape index (κ2) is 4.68. The van der Waals surface area contributed by atoms with Gasteiger partial charge in [-0.2, -0.15) is 4.98 Å². The van der Waals surface area contributed by atoms with E-state index < -0.39 is 0 Å². The molecule has 0 aliphatic carbocycles. The number of rotatable bonds is 2. The highest BCUT2D eigenvalue weighted by molar-refractivity contribution is 5.94. The molecule has 0 fully saturated rings. The number of amides is 1. The van der Waals surface area contributed by atoms with Crippen molar-refractivity contribution in [2.45, 2.75) is 12.8 Å². The molecule has 2 aromatic rings. The van der Waals surface area contributed by atoms with Gasteiger partial charge in [0.15, 0.2) is 0 Å². The van der Waals surface area contributed by atoms with Crippen LogP contribution in [0.15, 0.2) is 30.5 Å². The molecule has 1 aliphatic rings. The number of anilines is 1. The first-order valence-corrected chi connectivity index (χ1v) is 6.06. The molecule has 5 nitrogen and oxygen atoms in total. The van der Waals surface area contributed by atoms with Gasteiger partial charge in [0.1, 0.15) is 0 Å². The van der Waals surface area contributed by atoms with Crippen molar-refractivity contribution in [2.24, 2.45) is 0 Å². The van der Waals surface area contributed by atoms with Crippen molar-refractivity contribution in [3.05, 3.63) is 36.0 Å². The van der Waals surface area contributed by atoms with Crippen LogP contribution in [0.4, 0.5) is 5.69 Å². The summed E-state index contributed by atoms with van der Waals surface area (Å²) in [5.74, 6) is 0.0731. The number of nitrogens with zero attached hydrogens (tertiary/aromatic N) is 2. The van der Waals surface area contributed by atoms with E-state index in [4.69, 9.17) is 4.74 Å². The molecular formula is C14H13N3O2. The summed E-state index contributed by atoms with van der Waals surface area (Å²) in [6, 6.07) is 8.09. The zero-order chi connectivity index (χ0) is 13.2. The lowest BCUT2D eigenvalue weighted by molar-refractivity contribution is -0.116. The molecule has 5 heteroatoms. The van der Waals surface area contributed by atoms with Crippen LogP contribution < -0.4 is 10.1 Å². The van der Waals surface area contributed by atoms with Crippen LogP contribution in [0.1, 0.15) is 12.0 Å². The molecule has 1 aromatic carbocycles. The van der Waals surface area contributed by atoms with Gasteiger partial charge in [-0.15, -0.1) is 0 Å². The molecule has 0 saturated carbocycles. The molecule has 0 saturated heterocycles.